The van der Waals surface area contributed by atoms with Gasteiger partial charge < -0.3 is 4.90 Å². The lowest BCUT2D eigenvalue weighted by Gasteiger charge is -2.35. The summed E-state index contributed by atoms with van der Waals surface area (Å²) in [7, 11) is 0. The number of amides is 1. The number of carbonyl (C=O) groups is 1. The minimum atomic E-state index is 0.0154. The Kier molecular flexibility index (Phi) is 3.99. The first-order valence-electron chi connectivity index (χ1n) is 8.73. The van der Waals surface area contributed by atoms with Crippen LogP contribution in [0.4, 0.5) is 0 Å². The number of hydrogen-bond acceptors (Lipinski definition) is 4. The normalized spacial score (nSPS) is 18.0. The minimum Gasteiger partial charge on any atom is -0.334 e. The van der Waals surface area contributed by atoms with E-state index in [1.165, 1.54) is 0 Å². The van der Waals surface area contributed by atoms with Crippen LogP contribution in [0.2, 0.25) is 0 Å². The van der Waals surface area contributed by atoms with E-state index in [-0.39, 0.29) is 11.9 Å². The first-order valence-corrected chi connectivity index (χ1v) is 8.73. The fourth-order valence-electron chi connectivity index (χ4n) is 3.51. The van der Waals surface area contributed by atoms with Crippen LogP contribution in [0.25, 0.3) is 5.65 Å². The lowest BCUT2D eigenvalue weighted by Crippen LogP contribution is -2.46. The molecule has 0 bridgehead atoms. The highest BCUT2D eigenvalue weighted by Gasteiger charge is 2.30. The van der Waals surface area contributed by atoms with Crippen molar-refractivity contribution in [3.63, 3.8) is 0 Å². The van der Waals surface area contributed by atoms with Gasteiger partial charge >= 0.3 is 0 Å². The molecule has 3 aromatic rings. The Labute approximate surface area is 146 Å². The first-order chi connectivity index (χ1) is 12.1. The Morgan fingerprint density at radius 3 is 2.92 bits per heavy atom. The van der Waals surface area contributed by atoms with Gasteiger partial charge in [-0.1, -0.05) is 0 Å². The average Bonchev–Trinajstić information content (AvgIpc) is 3.20. The highest BCUT2D eigenvalue weighted by atomic mass is 16.2. The summed E-state index contributed by atoms with van der Waals surface area (Å²) in [5.74, 6) is 0.0154. The molecule has 1 aliphatic rings. The predicted molar refractivity (Wildman–Crippen MR) is 93.4 cm³/mol. The van der Waals surface area contributed by atoms with Crippen molar-refractivity contribution in [3.8, 4) is 0 Å². The molecule has 25 heavy (non-hydrogen) atoms. The average molecular weight is 338 g/mol. The van der Waals surface area contributed by atoms with Crippen LogP contribution in [0, 0.1) is 13.8 Å². The molecule has 0 spiro atoms. The van der Waals surface area contributed by atoms with Crippen molar-refractivity contribution in [2.24, 2.45) is 0 Å². The van der Waals surface area contributed by atoms with Crippen LogP contribution in [0.15, 0.2) is 30.9 Å². The largest absolute Gasteiger partial charge is 0.334 e. The summed E-state index contributed by atoms with van der Waals surface area (Å²) in [6, 6.07) is 2.04. The number of carbonyl (C=O) groups excluding carboxylic acids is 1. The maximum Gasteiger partial charge on any atom is 0.259 e. The molecule has 0 N–H and O–H groups in total. The standard InChI is InChI=1S/C18H22N6O/c1-13-9-19-22(11-13)12-15-5-3-4-7-23(15)18(25)16-10-20-24-8-6-14(2)21-17(16)24/h6,8-11,15H,3-5,7,12H2,1-2H3/t15-/m0/s1. The topological polar surface area (TPSA) is 68.3 Å². The van der Waals surface area contributed by atoms with Crippen LogP contribution in [0.1, 0.15) is 40.9 Å². The molecule has 7 nitrogen and oxygen atoms in total. The molecule has 4 heterocycles. The zero-order chi connectivity index (χ0) is 17.4. The maximum absolute atomic E-state index is 13.2. The van der Waals surface area contributed by atoms with Crippen molar-refractivity contribution >= 4 is 11.6 Å². The second-order valence-corrected chi connectivity index (χ2v) is 6.78. The molecule has 7 heteroatoms. The molecule has 1 saturated heterocycles. The molecular formula is C18H22N6O. The smallest absolute Gasteiger partial charge is 0.259 e. The molecule has 0 radical (unpaired) electrons. The van der Waals surface area contributed by atoms with Gasteiger partial charge in [-0.05, 0) is 44.7 Å². The third kappa shape index (κ3) is 3.01. The van der Waals surface area contributed by atoms with Gasteiger partial charge in [-0.2, -0.15) is 10.2 Å². The Bertz CT molecular complexity index is 911. The van der Waals surface area contributed by atoms with E-state index in [1.54, 1.807) is 10.7 Å². The van der Waals surface area contributed by atoms with E-state index in [0.29, 0.717) is 11.2 Å². The van der Waals surface area contributed by atoms with Crippen molar-refractivity contribution in [1.29, 1.82) is 0 Å². The summed E-state index contributed by atoms with van der Waals surface area (Å²) in [4.78, 5) is 19.7. The Hall–Kier alpha value is -2.70. The predicted octanol–water partition coefficient (Wildman–Crippen LogP) is 2.24. The number of piperidine rings is 1. The van der Waals surface area contributed by atoms with Crippen molar-refractivity contribution in [1.82, 2.24) is 29.3 Å². The Morgan fingerprint density at radius 1 is 1.24 bits per heavy atom. The van der Waals surface area contributed by atoms with Crippen LogP contribution >= 0.6 is 0 Å². The quantitative estimate of drug-likeness (QED) is 0.734. The second-order valence-electron chi connectivity index (χ2n) is 6.78. The van der Waals surface area contributed by atoms with E-state index < -0.39 is 0 Å². The van der Waals surface area contributed by atoms with Crippen LogP contribution in [0.5, 0.6) is 0 Å². The van der Waals surface area contributed by atoms with Gasteiger partial charge in [0.2, 0.25) is 0 Å². The summed E-state index contributed by atoms with van der Waals surface area (Å²) in [5.41, 5.74) is 3.22. The summed E-state index contributed by atoms with van der Waals surface area (Å²) in [6.07, 6.45) is 10.5. The highest BCUT2D eigenvalue weighted by molar-refractivity contribution is 5.99. The summed E-state index contributed by atoms with van der Waals surface area (Å²) < 4.78 is 3.60. The molecule has 1 atom stereocenters. The zero-order valence-corrected chi connectivity index (χ0v) is 14.6. The van der Waals surface area contributed by atoms with Crippen LogP contribution in [0.3, 0.4) is 0 Å². The van der Waals surface area contributed by atoms with E-state index in [2.05, 4.69) is 15.2 Å². The van der Waals surface area contributed by atoms with E-state index >= 15 is 0 Å². The molecule has 0 unspecified atom stereocenters. The van der Waals surface area contributed by atoms with Gasteiger partial charge in [0.05, 0.1) is 25.0 Å². The number of aromatic nitrogens is 5. The van der Waals surface area contributed by atoms with E-state index in [9.17, 15) is 4.79 Å². The molecular weight excluding hydrogens is 316 g/mol. The molecule has 1 aliphatic heterocycles. The third-order valence-electron chi connectivity index (χ3n) is 4.79. The fourth-order valence-corrected chi connectivity index (χ4v) is 3.51. The number of nitrogens with zero attached hydrogens (tertiary/aromatic N) is 6. The zero-order valence-electron chi connectivity index (χ0n) is 14.6. The molecule has 0 aromatic carbocycles. The van der Waals surface area contributed by atoms with Crippen LogP contribution in [-0.2, 0) is 6.54 Å². The molecule has 4 rings (SSSR count). The van der Waals surface area contributed by atoms with Gasteiger partial charge in [-0.3, -0.25) is 9.48 Å². The lowest BCUT2D eigenvalue weighted by molar-refractivity contribution is 0.0585. The van der Waals surface area contributed by atoms with Crippen molar-refractivity contribution in [2.45, 2.75) is 45.7 Å². The van der Waals surface area contributed by atoms with Crippen molar-refractivity contribution in [3.05, 3.63) is 47.7 Å². The van der Waals surface area contributed by atoms with Gasteiger partial charge in [-0.25, -0.2) is 9.50 Å². The summed E-state index contributed by atoms with van der Waals surface area (Å²) >= 11 is 0. The maximum atomic E-state index is 13.2. The monoisotopic (exact) mass is 338 g/mol. The molecule has 1 fully saturated rings. The van der Waals surface area contributed by atoms with Crippen molar-refractivity contribution in [2.75, 3.05) is 6.54 Å². The molecule has 1 amide bonds. The van der Waals surface area contributed by atoms with Gasteiger partial charge in [0, 0.05) is 24.6 Å². The SMILES string of the molecule is Cc1cnn(C[C@@H]2CCCCN2C(=O)c2cnn3ccc(C)nc23)c1. The van der Waals surface area contributed by atoms with Gasteiger partial charge in [0.25, 0.3) is 5.91 Å². The molecule has 0 saturated carbocycles. The van der Waals surface area contributed by atoms with Gasteiger partial charge in [-0.15, -0.1) is 0 Å². The number of rotatable bonds is 3. The molecule has 3 aromatic heterocycles. The first kappa shape index (κ1) is 15.8. The molecule has 130 valence electrons. The molecule has 0 aliphatic carbocycles. The van der Waals surface area contributed by atoms with E-state index in [1.807, 2.05) is 48.1 Å². The highest BCUT2D eigenvalue weighted by Crippen LogP contribution is 2.22. The Morgan fingerprint density at radius 2 is 2.12 bits per heavy atom. The number of aryl methyl sites for hydroxylation is 2. The summed E-state index contributed by atoms with van der Waals surface area (Å²) in [5, 5.41) is 8.65. The second kappa shape index (κ2) is 6.31. The third-order valence-corrected chi connectivity index (χ3v) is 4.79. The van der Waals surface area contributed by atoms with Gasteiger partial charge in [0.15, 0.2) is 5.65 Å². The number of fused-ring (bicyclic) bond motifs is 1. The minimum absolute atomic E-state index is 0.0154. The summed E-state index contributed by atoms with van der Waals surface area (Å²) in [6.45, 7) is 5.45. The van der Waals surface area contributed by atoms with Crippen molar-refractivity contribution < 1.29 is 4.79 Å². The van der Waals surface area contributed by atoms with Crippen LogP contribution in [-0.4, -0.2) is 47.8 Å². The number of likely N-dealkylation sites (tertiary alicyclic amines) is 1. The number of hydrogen-bond donors (Lipinski definition) is 0. The van der Waals surface area contributed by atoms with E-state index in [4.69, 9.17) is 0 Å². The van der Waals surface area contributed by atoms with Crippen LogP contribution < -0.4 is 0 Å². The lowest BCUT2D eigenvalue weighted by atomic mass is 10.0. The van der Waals surface area contributed by atoms with Gasteiger partial charge in [0.1, 0.15) is 5.56 Å². The fraction of sp³-hybridized carbons (Fsp3) is 0.444. The van der Waals surface area contributed by atoms with E-state index in [0.717, 1.165) is 43.6 Å². The Balaban J connectivity index is 1.62.